The summed E-state index contributed by atoms with van der Waals surface area (Å²) in [6, 6.07) is 17.7. The van der Waals surface area contributed by atoms with Crippen molar-refractivity contribution in [3.63, 3.8) is 0 Å². The molecule has 29 heavy (non-hydrogen) atoms. The maximum absolute atomic E-state index is 12.9. The number of ether oxygens (including phenoxy) is 2. The second kappa shape index (κ2) is 9.01. The van der Waals surface area contributed by atoms with E-state index in [-0.39, 0.29) is 18.1 Å². The van der Waals surface area contributed by atoms with Gasteiger partial charge in [0, 0.05) is 16.8 Å². The van der Waals surface area contributed by atoms with E-state index in [0.29, 0.717) is 22.5 Å². The van der Waals surface area contributed by atoms with Gasteiger partial charge < -0.3 is 9.47 Å². The molecule has 0 bridgehead atoms. The highest BCUT2D eigenvalue weighted by molar-refractivity contribution is 6.11. The number of benzene rings is 2. The second-order valence-electron chi connectivity index (χ2n) is 6.26. The topological polar surface area (TPSA) is 69.9 Å². The van der Waals surface area contributed by atoms with Gasteiger partial charge in [0.15, 0.2) is 5.78 Å². The Bertz CT molecular complexity index is 1030. The van der Waals surface area contributed by atoms with E-state index in [1.807, 2.05) is 6.07 Å². The SMILES string of the molecule is CCOC(=O)c1cc(C(=O)c2ccccc2)c(C)n1C=Nc1ccc(OC)cc1. The molecule has 2 aromatic carbocycles. The van der Waals surface area contributed by atoms with Gasteiger partial charge in [-0.1, -0.05) is 30.3 Å². The zero-order valence-electron chi connectivity index (χ0n) is 16.6. The lowest BCUT2D eigenvalue weighted by Gasteiger charge is -2.06. The van der Waals surface area contributed by atoms with E-state index in [4.69, 9.17) is 9.47 Å². The van der Waals surface area contributed by atoms with Crippen molar-refractivity contribution in [2.24, 2.45) is 4.99 Å². The molecule has 3 aromatic rings. The van der Waals surface area contributed by atoms with E-state index in [0.717, 1.165) is 5.75 Å². The number of carbonyl (C=O) groups is 2. The summed E-state index contributed by atoms with van der Waals surface area (Å²) >= 11 is 0. The van der Waals surface area contributed by atoms with Crippen LogP contribution in [0.15, 0.2) is 65.7 Å². The Balaban J connectivity index is 2.01. The Morgan fingerprint density at radius 2 is 1.76 bits per heavy atom. The van der Waals surface area contributed by atoms with Gasteiger partial charge in [-0.05, 0) is 44.2 Å². The highest BCUT2D eigenvalue weighted by Gasteiger charge is 2.22. The van der Waals surface area contributed by atoms with Gasteiger partial charge in [0.1, 0.15) is 17.8 Å². The molecule has 0 aliphatic carbocycles. The summed E-state index contributed by atoms with van der Waals surface area (Å²) in [5.41, 5.74) is 2.53. The first kappa shape index (κ1) is 20.1. The minimum atomic E-state index is -0.510. The van der Waals surface area contributed by atoms with Gasteiger partial charge in [0.05, 0.1) is 19.4 Å². The van der Waals surface area contributed by atoms with Crippen molar-refractivity contribution in [1.29, 1.82) is 0 Å². The molecule has 6 heteroatoms. The number of carbonyl (C=O) groups excluding carboxylic acids is 2. The number of aliphatic imine (C=N–C) groups is 1. The van der Waals surface area contributed by atoms with Crippen LogP contribution in [-0.4, -0.2) is 36.4 Å². The molecule has 0 saturated heterocycles. The summed E-state index contributed by atoms with van der Waals surface area (Å²) in [5, 5.41) is 0. The summed E-state index contributed by atoms with van der Waals surface area (Å²) in [4.78, 5) is 29.8. The molecule has 148 valence electrons. The van der Waals surface area contributed by atoms with E-state index in [2.05, 4.69) is 4.99 Å². The van der Waals surface area contributed by atoms with Crippen LogP contribution in [0.2, 0.25) is 0 Å². The molecule has 0 aliphatic rings. The zero-order valence-corrected chi connectivity index (χ0v) is 16.6. The van der Waals surface area contributed by atoms with Gasteiger partial charge in [0.2, 0.25) is 0 Å². The number of nitrogens with zero attached hydrogens (tertiary/aromatic N) is 2. The van der Waals surface area contributed by atoms with Crippen LogP contribution >= 0.6 is 0 Å². The molecule has 1 heterocycles. The highest BCUT2D eigenvalue weighted by Crippen LogP contribution is 2.21. The number of ketones is 1. The fraction of sp³-hybridized carbons (Fsp3) is 0.174. The summed E-state index contributed by atoms with van der Waals surface area (Å²) < 4.78 is 11.9. The van der Waals surface area contributed by atoms with Gasteiger partial charge in [-0.15, -0.1) is 0 Å². The van der Waals surface area contributed by atoms with Crippen molar-refractivity contribution in [3.8, 4) is 5.75 Å². The van der Waals surface area contributed by atoms with E-state index in [1.54, 1.807) is 80.1 Å². The molecular formula is C23H22N2O4. The molecule has 0 saturated carbocycles. The summed E-state index contributed by atoms with van der Waals surface area (Å²) in [6.45, 7) is 3.75. The lowest BCUT2D eigenvalue weighted by atomic mass is 10.0. The van der Waals surface area contributed by atoms with E-state index in [9.17, 15) is 9.59 Å². The predicted molar refractivity (Wildman–Crippen MR) is 112 cm³/mol. The van der Waals surface area contributed by atoms with Gasteiger partial charge in [-0.25, -0.2) is 9.79 Å². The molecule has 0 aliphatic heterocycles. The maximum atomic E-state index is 12.9. The maximum Gasteiger partial charge on any atom is 0.355 e. The standard InChI is InChI=1S/C23H22N2O4/c1-4-29-23(27)21-14-20(22(26)17-8-6-5-7-9-17)16(2)25(21)15-24-18-10-12-19(28-3)13-11-18/h5-15H,4H2,1-3H3. The fourth-order valence-electron chi connectivity index (χ4n) is 2.90. The normalized spacial score (nSPS) is 10.9. The van der Waals surface area contributed by atoms with Crippen molar-refractivity contribution in [2.45, 2.75) is 13.8 Å². The molecule has 0 radical (unpaired) electrons. The molecule has 1 aromatic heterocycles. The van der Waals surface area contributed by atoms with Crippen LogP contribution in [0.3, 0.4) is 0 Å². The Hall–Kier alpha value is -3.67. The minimum Gasteiger partial charge on any atom is -0.497 e. The van der Waals surface area contributed by atoms with Crippen LogP contribution in [-0.2, 0) is 4.74 Å². The summed E-state index contributed by atoms with van der Waals surface area (Å²) in [6.07, 6.45) is 1.52. The summed E-state index contributed by atoms with van der Waals surface area (Å²) in [5.74, 6) is 0.0539. The average molecular weight is 390 g/mol. The summed E-state index contributed by atoms with van der Waals surface area (Å²) in [7, 11) is 1.60. The molecule has 6 nitrogen and oxygen atoms in total. The van der Waals surface area contributed by atoms with Gasteiger partial charge in [-0.2, -0.15) is 0 Å². The Labute approximate surface area is 169 Å². The first-order chi connectivity index (χ1) is 14.0. The second-order valence-corrected chi connectivity index (χ2v) is 6.26. The lowest BCUT2D eigenvalue weighted by Crippen LogP contribution is -2.12. The van der Waals surface area contributed by atoms with E-state index in [1.165, 1.54) is 6.34 Å². The van der Waals surface area contributed by atoms with Crippen LogP contribution in [0, 0.1) is 6.92 Å². The Kier molecular flexibility index (Phi) is 6.24. The van der Waals surface area contributed by atoms with Crippen LogP contribution in [0.4, 0.5) is 5.69 Å². The molecular weight excluding hydrogens is 368 g/mol. The van der Waals surface area contributed by atoms with Crippen molar-refractivity contribution < 1.29 is 19.1 Å². The molecule has 0 unspecified atom stereocenters. The predicted octanol–water partition coefficient (Wildman–Crippen LogP) is 4.42. The number of hydrogen-bond acceptors (Lipinski definition) is 5. The number of methoxy groups -OCH3 is 1. The van der Waals surface area contributed by atoms with Gasteiger partial charge >= 0.3 is 5.97 Å². The quantitative estimate of drug-likeness (QED) is 0.259. The van der Waals surface area contributed by atoms with Crippen molar-refractivity contribution in [2.75, 3.05) is 13.7 Å². The Morgan fingerprint density at radius 3 is 2.38 bits per heavy atom. The van der Waals surface area contributed by atoms with E-state index >= 15 is 0 Å². The van der Waals surface area contributed by atoms with Gasteiger partial charge in [0.25, 0.3) is 0 Å². The van der Waals surface area contributed by atoms with Crippen LogP contribution in [0.25, 0.3) is 0 Å². The third-order valence-electron chi connectivity index (χ3n) is 4.45. The highest BCUT2D eigenvalue weighted by atomic mass is 16.5. The molecule has 0 spiro atoms. The third-order valence-corrected chi connectivity index (χ3v) is 4.45. The molecule has 0 N–H and O–H groups in total. The number of rotatable bonds is 7. The molecule has 0 amide bonds. The molecule has 0 atom stereocenters. The first-order valence-electron chi connectivity index (χ1n) is 9.22. The first-order valence-corrected chi connectivity index (χ1v) is 9.22. The van der Waals surface area contributed by atoms with Gasteiger partial charge in [-0.3, -0.25) is 9.36 Å². The minimum absolute atomic E-state index is 0.162. The molecule has 0 fully saturated rings. The number of aromatic nitrogens is 1. The number of esters is 1. The van der Waals surface area contributed by atoms with Crippen LogP contribution in [0.1, 0.15) is 39.0 Å². The number of hydrogen-bond donors (Lipinski definition) is 0. The Morgan fingerprint density at radius 1 is 1.07 bits per heavy atom. The zero-order chi connectivity index (χ0) is 20.8. The van der Waals surface area contributed by atoms with Crippen LogP contribution < -0.4 is 4.74 Å². The van der Waals surface area contributed by atoms with Crippen LogP contribution in [0.5, 0.6) is 5.75 Å². The smallest absolute Gasteiger partial charge is 0.355 e. The average Bonchev–Trinajstić information content (AvgIpc) is 3.09. The van der Waals surface area contributed by atoms with Crippen molar-refractivity contribution >= 4 is 23.8 Å². The van der Waals surface area contributed by atoms with Crippen molar-refractivity contribution in [3.05, 3.63) is 83.2 Å². The lowest BCUT2D eigenvalue weighted by molar-refractivity contribution is 0.0518. The van der Waals surface area contributed by atoms with Crippen molar-refractivity contribution in [1.82, 2.24) is 4.57 Å². The fourth-order valence-corrected chi connectivity index (χ4v) is 2.90. The largest absolute Gasteiger partial charge is 0.497 e. The van der Waals surface area contributed by atoms with E-state index < -0.39 is 5.97 Å². The third kappa shape index (κ3) is 4.43. The monoisotopic (exact) mass is 390 g/mol. The molecule has 3 rings (SSSR count).